The summed E-state index contributed by atoms with van der Waals surface area (Å²) in [5.41, 5.74) is 2.15. The van der Waals surface area contributed by atoms with Crippen molar-refractivity contribution in [1.82, 2.24) is 4.90 Å². The Morgan fingerprint density at radius 3 is 2.33 bits per heavy atom. The number of likely N-dealkylation sites (N-methyl/N-ethyl adjacent to an activating group) is 1. The molecule has 6 nitrogen and oxygen atoms in total. The Hall–Kier alpha value is -2.70. The summed E-state index contributed by atoms with van der Waals surface area (Å²) in [6.07, 6.45) is 0.0574. The zero-order valence-electron chi connectivity index (χ0n) is 15.4. The maximum absolute atomic E-state index is 12.2. The maximum Gasteiger partial charge on any atom is 0.335 e. The van der Waals surface area contributed by atoms with Gasteiger partial charge in [0.25, 0.3) is 0 Å². The molecule has 0 radical (unpaired) electrons. The summed E-state index contributed by atoms with van der Waals surface area (Å²) in [7, 11) is 1.65. The molecule has 1 unspecified atom stereocenters. The molecule has 0 spiro atoms. The van der Waals surface area contributed by atoms with Gasteiger partial charge in [-0.05, 0) is 29.7 Å². The molecule has 0 aromatic heterocycles. The zero-order chi connectivity index (χ0) is 19.6. The van der Waals surface area contributed by atoms with Crippen molar-refractivity contribution in [3.05, 3.63) is 71.3 Å². The minimum absolute atomic E-state index is 0.0839. The van der Waals surface area contributed by atoms with Crippen LogP contribution in [0.5, 0.6) is 0 Å². The summed E-state index contributed by atoms with van der Waals surface area (Å²) in [5.74, 6) is -1.06. The van der Waals surface area contributed by atoms with Gasteiger partial charge in [-0.1, -0.05) is 42.5 Å². The van der Waals surface area contributed by atoms with Crippen molar-refractivity contribution in [2.75, 3.05) is 20.2 Å². The number of carbonyl (C=O) groups excluding carboxylic acids is 1. The van der Waals surface area contributed by atoms with Crippen molar-refractivity contribution in [1.29, 1.82) is 0 Å². The minimum atomic E-state index is -0.971. The van der Waals surface area contributed by atoms with Crippen LogP contribution in [-0.4, -0.2) is 53.3 Å². The quantitative estimate of drug-likeness (QED) is 0.669. The molecule has 2 aromatic rings. The predicted octanol–water partition coefficient (Wildman–Crippen LogP) is 2.35. The molecule has 2 N–H and O–H groups in total. The summed E-state index contributed by atoms with van der Waals surface area (Å²) in [5, 5.41) is 18.9. The Kier molecular flexibility index (Phi) is 7.98. The first-order valence-corrected chi connectivity index (χ1v) is 8.81. The number of carboxylic acids is 1. The van der Waals surface area contributed by atoms with Gasteiger partial charge in [-0.15, -0.1) is 0 Å². The first-order chi connectivity index (χ1) is 13.0. The standard InChI is InChI=1S/C21H25NO5/c1-22(13-19(23)15-27-14-17-5-3-2-4-6-17)20(24)12-9-16-7-10-18(11-8-16)21(25)26/h2-8,10-11,19,23H,9,12-15H2,1H3,(H,25,26). The van der Waals surface area contributed by atoms with E-state index in [9.17, 15) is 14.7 Å². The van der Waals surface area contributed by atoms with E-state index >= 15 is 0 Å². The van der Waals surface area contributed by atoms with Crippen LogP contribution in [0.3, 0.4) is 0 Å². The second-order valence-corrected chi connectivity index (χ2v) is 6.43. The fourth-order valence-corrected chi connectivity index (χ4v) is 2.61. The van der Waals surface area contributed by atoms with Crippen LogP contribution >= 0.6 is 0 Å². The lowest BCUT2D eigenvalue weighted by atomic mass is 10.1. The summed E-state index contributed by atoms with van der Waals surface area (Å²) < 4.78 is 5.49. The highest BCUT2D eigenvalue weighted by atomic mass is 16.5. The number of hydrogen-bond donors (Lipinski definition) is 2. The average molecular weight is 371 g/mol. The van der Waals surface area contributed by atoms with Gasteiger partial charge in [0, 0.05) is 20.0 Å². The molecular formula is C21H25NO5. The van der Waals surface area contributed by atoms with Crippen LogP contribution in [0.25, 0.3) is 0 Å². The van der Waals surface area contributed by atoms with E-state index in [0.29, 0.717) is 19.4 Å². The van der Waals surface area contributed by atoms with Crippen LogP contribution in [0.1, 0.15) is 27.9 Å². The van der Waals surface area contributed by atoms with Crippen LogP contribution in [0, 0.1) is 0 Å². The number of benzene rings is 2. The number of amides is 1. The molecule has 0 aliphatic rings. The van der Waals surface area contributed by atoms with E-state index in [1.54, 1.807) is 19.2 Å². The Morgan fingerprint density at radius 2 is 1.70 bits per heavy atom. The molecule has 2 rings (SSSR count). The number of rotatable bonds is 10. The number of aryl methyl sites for hydroxylation is 1. The third kappa shape index (κ3) is 7.21. The van der Waals surface area contributed by atoms with Gasteiger partial charge in [-0.2, -0.15) is 0 Å². The monoisotopic (exact) mass is 371 g/mol. The topological polar surface area (TPSA) is 87.1 Å². The predicted molar refractivity (Wildman–Crippen MR) is 101 cm³/mol. The highest BCUT2D eigenvalue weighted by Gasteiger charge is 2.14. The van der Waals surface area contributed by atoms with E-state index in [0.717, 1.165) is 11.1 Å². The molecule has 2 aromatic carbocycles. The number of hydrogen-bond acceptors (Lipinski definition) is 4. The molecule has 0 saturated heterocycles. The Labute approximate surface area is 159 Å². The number of aliphatic hydroxyl groups is 1. The molecule has 144 valence electrons. The molecule has 0 aliphatic heterocycles. The van der Waals surface area contributed by atoms with Gasteiger partial charge in [0.2, 0.25) is 5.91 Å². The minimum Gasteiger partial charge on any atom is -0.478 e. The molecule has 0 bridgehead atoms. The number of ether oxygens (including phenoxy) is 1. The Bertz CT molecular complexity index is 730. The smallest absolute Gasteiger partial charge is 0.335 e. The van der Waals surface area contributed by atoms with E-state index in [-0.39, 0.29) is 24.6 Å². The summed E-state index contributed by atoms with van der Waals surface area (Å²) in [6.45, 7) is 0.774. The fraction of sp³-hybridized carbons (Fsp3) is 0.333. The molecule has 6 heteroatoms. The van der Waals surface area contributed by atoms with Crippen molar-refractivity contribution in [3.8, 4) is 0 Å². The number of carbonyl (C=O) groups is 2. The summed E-state index contributed by atoms with van der Waals surface area (Å²) in [4.78, 5) is 24.5. The van der Waals surface area contributed by atoms with Crippen LogP contribution in [0.2, 0.25) is 0 Å². The van der Waals surface area contributed by atoms with E-state index < -0.39 is 12.1 Å². The fourth-order valence-electron chi connectivity index (χ4n) is 2.61. The van der Waals surface area contributed by atoms with Gasteiger partial charge in [0.15, 0.2) is 0 Å². The van der Waals surface area contributed by atoms with Crippen molar-refractivity contribution in [2.45, 2.75) is 25.6 Å². The van der Waals surface area contributed by atoms with Gasteiger partial charge in [-0.3, -0.25) is 4.79 Å². The molecule has 0 heterocycles. The van der Waals surface area contributed by atoms with E-state index in [1.165, 1.54) is 17.0 Å². The van der Waals surface area contributed by atoms with Gasteiger partial charge in [0.05, 0.1) is 24.9 Å². The SMILES string of the molecule is CN(CC(O)COCc1ccccc1)C(=O)CCc1ccc(C(=O)O)cc1. The number of carboxylic acid groups (broad SMARTS) is 1. The second-order valence-electron chi connectivity index (χ2n) is 6.43. The Balaban J connectivity index is 1.68. The molecule has 0 aliphatic carbocycles. The van der Waals surface area contributed by atoms with E-state index in [1.807, 2.05) is 30.3 Å². The number of nitrogens with zero attached hydrogens (tertiary/aromatic N) is 1. The summed E-state index contributed by atoms with van der Waals surface area (Å²) in [6, 6.07) is 16.2. The van der Waals surface area contributed by atoms with Crippen LogP contribution in [-0.2, 0) is 22.6 Å². The van der Waals surface area contributed by atoms with Crippen LogP contribution in [0.4, 0.5) is 0 Å². The number of aromatic carboxylic acids is 1. The van der Waals surface area contributed by atoms with Gasteiger partial charge < -0.3 is 19.8 Å². The maximum atomic E-state index is 12.2. The van der Waals surface area contributed by atoms with E-state index in [2.05, 4.69) is 0 Å². The normalized spacial score (nSPS) is 11.8. The molecule has 1 amide bonds. The first-order valence-electron chi connectivity index (χ1n) is 8.81. The summed E-state index contributed by atoms with van der Waals surface area (Å²) >= 11 is 0. The van der Waals surface area contributed by atoms with Gasteiger partial charge >= 0.3 is 5.97 Å². The van der Waals surface area contributed by atoms with Crippen molar-refractivity contribution >= 4 is 11.9 Å². The highest BCUT2D eigenvalue weighted by Crippen LogP contribution is 2.08. The van der Waals surface area contributed by atoms with Crippen molar-refractivity contribution < 1.29 is 24.5 Å². The van der Waals surface area contributed by atoms with Crippen molar-refractivity contribution in [3.63, 3.8) is 0 Å². The molecule has 0 fully saturated rings. The highest BCUT2D eigenvalue weighted by molar-refractivity contribution is 5.87. The Morgan fingerprint density at radius 1 is 1.04 bits per heavy atom. The molecular weight excluding hydrogens is 346 g/mol. The van der Waals surface area contributed by atoms with E-state index in [4.69, 9.17) is 9.84 Å². The van der Waals surface area contributed by atoms with Gasteiger partial charge in [-0.25, -0.2) is 4.79 Å². The van der Waals surface area contributed by atoms with Gasteiger partial charge in [0.1, 0.15) is 0 Å². The second kappa shape index (κ2) is 10.4. The molecule has 27 heavy (non-hydrogen) atoms. The third-order valence-corrected chi connectivity index (χ3v) is 4.16. The third-order valence-electron chi connectivity index (χ3n) is 4.16. The molecule has 0 saturated carbocycles. The first kappa shape index (κ1) is 20.6. The molecule has 1 atom stereocenters. The van der Waals surface area contributed by atoms with Crippen LogP contribution in [0.15, 0.2) is 54.6 Å². The zero-order valence-corrected chi connectivity index (χ0v) is 15.4. The lowest BCUT2D eigenvalue weighted by Gasteiger charge is -2.21. The average Bonchev–Trinajstić information content (AvgIpc) is 2.67. The number of aliphatic hydroxyl groups excluding tert-OH is 1. The van der Waals surface area contributed by atoms with Crippen molar-refractivity contribution in [2.24, 2.45) is 0 Å². The lowest BCUT2D eigenvalue weighted by molar-refractivity contribution is -0.131. The lowest BCUT2D eigenvalue weighted by Crippen LogP contribution is -2.36. The largest absolute Gasteiger partial charge is 0.478 e. The van der Waals surface area contributed by atoms with Crippen LogP contribution < -0.4 is 0 Å².